The van der Waals surface area contributed by atoms with E-state index in [2.05, 4.69) is 0 Å². The Kier molecular flexibility index (Phi) is 8.47. The van der Waals surface area contributed by atoms with E-state index in [4.69, 9.17) is 16.3 Å². The second-order valence-corrected chi connectivity index (χ2v) is 8.59. The van der Waals surface area contributed by atoms with Gasteiger partial charge in [0, 0.05) is 31.6 Å². The second kappa shape index (κ2) is 11.3. The molecule has 1 aliphatic heterocycles. The summed E-state index contributed by atoms with van der Waals surface area (Å²) in [7, 11) is 1.55. The maximum Gasteiger partial charge on any atom is 0.323 e. The fourth-order valence-electron chi connectivity index (χ4n) is 4.38. The number of rotatable bonds is 10. The summed E-state index contributed by atoms with van der Waals surface area (Å²) in [5.41, 5.74) is 2.80. The monoisotopic (exact) mass is 472 g/mol. The number of aliphatic carboxylic acids is 1. The number of amides is 2. The summed E-state index contributed by atoms with van der Waals surface area (Å²) >= 11 is 6.46. The van der Waals surface area contributed by atoms with Crippen LogP contribution in [0.3, 0.4) is 0 Å². The van der Waals surface area contributed by atoms with Gasteiger partial charge in [0.25, 0.3) is 0 Å². The van der Waals surface area contributed by atoms with Crippen LogP contribution in [-0.4, -0.2) is 66.0 Å². The highest BCUT2D eigenvalue weighted by atomic mass is 35.5. The first-order valence-corrected chi connectivity index (χ1v) is 11.3. The third kappa shape index (κ3) is 5.92. The van der Waals surface area contributed by atoms with Crippen LogP contribution in [0.2, 0.25) is 5.02 Å². The number of hydrogen-bond donors (Lipinski definition) is 1. The third-order valence-electron chi connectivity index (χ3n) is 6.06. The molecule has 0 aliphatic carbocycles. The number of carbonyl (C=O) groups is 3. The van der Waals surface area contributed by atoms with Crippen molar-refractivity contribution < 1.29 is 24.2 Å². The minimum atomic E-state index is -1.09. The highest BCUT2D eigenvalue weighted by molar-refractivity contribution is 6.31. The molecule has 1 fully saturated rings. The van der Waals surface area contributed by atoms with Crippen LogP contribution >= 0.6 is 11.6 Å². The van der Waals surface area contributed by atoms with Crippen molar-refractivity contribution in [3.05, 3.63) is 70.2 Å². The van der Waals surface area contributed by atoms with Gasteiger partial charge >= 0.3 is 5.97 Å². The fourth-order valence-corrected chi connectivity index (χ4v) is 4.62. The molecule has 2 aromatic rings. The standard InChI is InChI=1S/C25H29ClN2O5/c1-17-7-3-4-8-18(17)11-12-27(16-23(30)31)25(32)20-15-22(29)28(13-14-33-2)24(20)19-9-5-6-10-21(19)26/h3-10,20,24H,11-16H2,1-2H3,(H,30,31)/t20-,24+/m1/s1. The Morgan fingerprint density at radius 1 is 1.18 bits per heavy atom. The number of aryl methyl sites for hydroxylation is 1. The van der Waals surface area contributed by atoms with E-state index in [9.17, 15) is 19.5 Å². The summed E-state index contributed by atoms with van der Waals surface area (Å²) in [6, 6.07) is 14.4. The van der Waals surface area contributed by atoms with E-state index in [1.807, 2.05) is 37.3 Å². The van der Waals surface area contributed by atoms with Gasteiger partial charge in [0.2, 0.25) is 11.8 Å². The minimum Gasteiger partial charge on any atom is -0.480 e. The molecule has 0 saturated carbocycles. The van der Waals surface area contributed by atoms with Gasteiger partial charge in [-0.2, -0.15) is 0 Å². The van der Waals surface area contributed by atoms with Crippen LogP contribution < -0.4 is 0 Å². The molecule has 7 nitrogen and oxygen atoms in total. The van der Waals surface area contributed by atoms with Crippen molar-refractivity contribution in [2.45, 2.75) is 25.8 Å². The quantitative estimate of drug-likeness (QED) is 0.573. The van der Waals surface area contributed by atoms with Crippen LogP contribution in [-0.2, 0) is 25.5 Å². The molecule has 0 spiro atoms. The molecular weight excluding hydrogens is 444 g/mol. The predicted octanol–water partition coefficient (Wildman–Crippen LogP) is 3.34. The number of methoxy groups -OCH3 is 1. The van der Waals surface area contributed by atoms with Gasteiger partial charge in [0.05, 0.1) is 18.6 Å². The molecule has 1 N–H and O–H groups in total. The number of halogens is 1. The normalized spacial score (nSPS) is 17.9. The Balaban J connectivity index is 1.90. The van der Waals surface area contributed by atoms with Gasteiger partial charge in [-0.3, -0.25) is 14.4 Å². The molecular formula is C25H29ClN2O5. The van der Waals surface area contributed by atoms with Gasteiger partial charge in [0.15, 0.2) is 0 Å². The van der Waals surface area contributed by atoms with Crippen LogP contribution in [0.4, 0.5) is 0 Å². The lowest BCUT2D eigenvalue weighted by atomic mass is 9.92. The molecule has 2 atom stereocenters. The number of carbonyl (C=O) groups excluding carboxylic acids is 2. The van der Waals surface area contributed by atoms with E-state index in [1.165, 1.54) is 4.90 Å². The Bertz CT molecular complexity index is 1010. The van der Waals surface area contributed by atoms with E-state index < -0.39 is 24.5 Å². The van der Waals surface area contributed by atoms with Crippen molar-refractivity contribution in [3.63, 3.8) is 0 Å². The first-order valence-electron chi connectivity index (χ1n) is 10.9. The molecule has 0 aromatic heterocycles. The number of nitrogens with zero attached hydrogens (tertiary/aromatic N) is 2. The average molecular weight is 473 g/mol. The number of carboxylic acid groups (broad SMARTS) is 1. The van der Waals surface area contributed by atoms with Gasteiger partial charge in [-0.05, 0) is 36.1 Å². The highest BCUT2D eigenvalue weighted by Gasteiger charge is 2.46. The summed E-state index contributed by atoms with van der Waals surface area (Å²) in [5, 5.41) is 9.93. The largest absolute Gasteiger partial charge is 0.480 e. The number of ether oxygens (including phenoxy) is 1. The molecule has 1 aliphatic rings. The summed E-state index contributed by atoms with van der Waals surface area (Å²) in [6.45, 7) is 2.43. The van der Waals surface area contributed by atoms with Crippen molar-refractivity contribution in [2.24, 2.45) is 5.92 Å². The summed E-state index contributed by atoms with van der Waals surface area (Å²) < 4.78 is 5.16. The number of carboxylic acids is 1. The van der Waals surface area contributed by atoms with E-state index in [1.54, 1.807) is 30.2 Å². The lowest BCUT2D eigenvalue weighted by Gasteiger charge is -2.31. The molecule has 1 heterocycles. The summed E-state index contributed by atoms with van der Waals surface area (Å²) in [4.78, 5) is 41.1. The highest BCUT2D eigenvalue weighted by Crippen LogP contribution is 2.41. The SMILES string of the molecule is COCCN1C(=O)C[C@@H](C(=O)N(CCc2ccccc2C)CC(=O)O)[C@@H]1c1ccccc1Cl. The minimum absolute atomic E-state index is 0.00107. The van der Waals surface area contributed by atoms with Crippen LogP contribution in [0.5, 0.6) is 0 Å². The van der Waals surface area contributed by atoms with Crippen LogP contribution in [0.1, 0.15) is 29.2 Å². The zero-order chi connectivity index (χ0) is 24.0. The van der Waals surface area contributed by atoms with Crippen molar-refractivity contribution in [1.29, 1.82) is 0 Å². The third-order valence-corrected chi connectivity index (χ3v) is 6.40. The molecule has 0 unspecified atom stereocenters. The van der Waals surface area contributed by atoms with Crippen molar-refractivity contribution in [3.8, 4) is 0 Å². The maximum absolute atomic E-state index is 13.7. The molecule has 2 aromatic carbocycles. The van der Waals surface area contributed by atoms with Crippen LogP contribution in [0.25, 0.3) is 0 Å². The van der Waals surface area contributed by atoms with Crippen molar-refractivity contribution in [1.82, 2.24) is 9.80 Å². The lowest BCUT2D eigenvalue weighted by molar-refractivity contribution is -0.146. The molecule has 33 heavy (non-hydrogen) atoms. The Hall–Kier alpha value is -2.90. The topological polar surface area (TPSA) is 87.2 Å². The van der Waals surface area contributed by atoms with E-state index in [0.717, 1.165) is 11.1 Å². The average Bonchev–Trinajstić information content (AvgIpc) is 3.11. The van der Waals surface area contributed by atoms with E-state index in [0.29, 0.717) is 30.2 Å². The molecule has 0 bridgehead atoms. The first-order chi connectivity index (χ1) is 15.8. The second-order valence-electron chi connectivity index (χ2n) is 8.19. The van der Waals surface area contributed by atoms with Crippen LogP contribution in [0.15, 0.2) is 48.5 Å². The number of benzene rings is 2. The zero-order valence-corrected chi connectivity index (χ0v) is 19.6. The summed E-state index contributed by atoms with van der Waals surface area (Å²) in [6.07, 6.45) is 0.523. The van der Waals surface area contributed by atoms with Gasteiger partial charge < -0.3 is 19.6 Å². The Morgan fingerprint density at radius 3 is 2.55 bits per heavy atom. The molecule has 3 rings (SSSR count). The molecule has 1 saturated heterocycles. The van der Waals surface area contributed by atoms with Gasteiger partial charge in [-0.1, -0.05) is 54.1 Å². The summed E-state index contributed by atoms with van der Waals surface area (Å²) in [5.74, 6) is -2.36. The predicted molar refractivity (Wildman–Crippen MR) is 125 cm³/mol. The van der Waals surface area contributed by atoms with Crippen LogP contribution in [0, 0.1) is 12.8 Å². The zero-order valence-electron chi connectivity index (χ0n) is 18.9. The van der Waals surface area contributed by atoms with Crippen molar-refractivity contribution >= 4 is 29.4 Å². The lowest BCUT2D eigenvalue weighted by Crippen LogP contribution is -2.43. The first kappa shape index (κ1) is 24.7. The number of hydrogen-bond acceptors (Lipinski definition) is 4. The molecule has 176 valence electrons. The fraction of sp³-hybridized carbons (Fsp3) is 0.400. The molecule has 8 heteroatoms. The van der Waals surface area contributed by atoms with Gasteiger partial charge in [0.1, 0.15) is 6.54 Å². The van der Waals surface area contributed by atoms with Gasteiger partial charge in [-0.25, -0.2) is 0 Å². The van der Waals surface area contributed by atoms with Gasteiger partial charge in [-0.15, -0.1) is 0 Å². The maximum atomic E-state index is 13.7. The van der Waals surface area contributed by atoms with E-state index in [-0.39, 0.29) is 24.8 Å². The molecule has 0 radical (unpaired) electrons. The van der Waals surface area contributed by atoms with Crippen molar-refractivity contribution in [2.75, 3.05) is 33.4 Å². The van der Waals surface area contributed by atoms with E-state index >= 15 is 0 Å². The Labute approximate surface area is 198 Å². The molecule has 2 amide bonds. The smallest absolute Gasteiger partial charge is 0.323 e. The number of likely N-dealkylation sites (tertiary alicyclic amines) is 1. The Morgan fingerprint density at radius 2 is 1.88 bits per heavy atom.